The molecule has 1 heterocycles. The van der Waals surface area contributed by atoms with Crippen LogP contribution in [-0.2, 0) is 6.54 Å². The van der Waals surface area contributed by atoms with Gasteiger partial charge in [-0.2, -0.15) is 0 Å². The number of aromatic nitrogens is 1. The molecule has 4 heteroatoms. The minimum atomic E-state index is 0.352. The van der Waals surface area contributed by atoms with Gasteiger partial charge in [-0.25, -0.2) is 0 Å². The van der Waals surface area contributed by atoms with Crippen LogP contribution in [0.3, 0.4) is 0 Å². The van der Waals surface area contributed by atoms with E-state index in [0.717, 1.165) is 30.9 Å². The molecule has 1 saturated carbocycles. The third-order valence-corrected chi connectivity index (χ3v) is 3.63. The maximum Gasteiger partial charge on any atom is 0.0733 e. The SMILES string of the molecule is Cc1cccc(CN(C)CC2(CC(N)=S)CC2)n1. The Balaban J connectivity index is 1.89. The molecule has 3 nitrogen and oxygen atoms in total. The van der Waals surface area contributed by atoms with Crippen molar-refractivity contribution in [2.45, 2.75) is 32.7 Å². The topological polar surface area (TPSA) is 42.1 Å². The van der Waals surface area contributed by atoms with Gasteiger partial charge in [-0.05, 0) is 44.4 Å². The van der Waals surface area contributed by atoms with Crippen LogP contribution in [0.4, 0.5) is 0 Å². The summed E-state index contributed by atoms with van der Waals surface area (Å²) in [6, 6.07) is 6.17. The van der Waals surface area contributed by atoms with Crippen molar-refractivity contribution in [3.05, 3.63) is 29.6 Å². The largest absolute Gasteiger partial charge is 0.393 e. The first-order valence-electron chi connectivity index (χ1n) is 6.39. The lowest BCUT2D eigenvalue weighted by Crippen LogP contribution is -2.29. The molecule has 0 radical (unpaired) electrons. The Labute approximate surface area is 114 Å². The molecule has 2 N–H and O–H groups in total. The highest BCUT2D eigenvalue weighted by molar-refractivity contribution is 7.80. The Morgan fingerprint density at radius 2 is 2.22 bits per heavy atom. The minimum Gasteiger partial charge on any atom is -0.393 e. The summed E-state index contributed by atoms with van der Waals surface area (Å²) in [6.07, 6.45) is 3.37. The van der Waals surface area contributed by atoms with E-state index in [1.807, 2.05) is 13.0 Å². The molecule has 0 atom stereocenters. The lowest BCUT2D eigenvalue weighted by Gasteiger charge is -2.23. The summed E-state index contributed by atoms with van der Waals surface area (Å²) in [5, 5.41) is 0. The fourth-order valence-electron chi connectivity index (χ4n) is 2.53. The first-order valence-corrected chi connectivity index (χ1v) is 6.79. The number of thiocarbonyl (C=S) groups is 1. The third-order valence-electron chi connectivity index (χ3n) is 3.49. The smallest absolute Gasteiger partial charge is 0.0733 e. The summed E-state index contributed by atoms with van der Waals surface area (Å²) in [5.74, 6) is 0. The molecule has 0 bridgehead atoms. The predicted octanol–water partition coefficient (Wildman–Crippen LogP) is 2.28. The lowest BCUT2D eigenvalue weighted by molar-refractivity contribution is 0.257. The van der Waals surface area contributed by atoms with Gasteiger partial charge in [0.1, 0.15) is 0 Å². The Bertz CT molecular complexity index is 440. The van der Waals surface area contributed by atoms with Crippen molar-refractivity contribution >= 4 is 17.2 Å². The third kappa shape index (κ3) is 3.75. The van der Waals surface area contributed by atoms with E-state index in [1.165, 1.54) is 12.8 Å². The molecular weight excluding hydrogens is 242 g/mol. The van der Waals surface area contributed by atoms with E-state index < -0.39 is 0 Å². The van der Waals surface area contributed by atoms with Crippen LogP contribution in [0.5, 0.6) is 0 Å². The second-order valence-corrected chi connectivity index (χ2v) is 6.11. The second-order valence-electron chi connectivity index (χ2n) is 5.59. The molecule has 0 saturated heterocycles. The van der Waals surface area contributed by atoms with Crippen molar-refractivity contribution in [3.63, 3.8) is 0 Å². The van der Waals surface area contributed by atoms with Crippen LogP contribution in [0.1, 0.15) is 30.7 Å². The molecule has 0 amide bonds. The van der Waals surface area contributed by atoms with Crippen molar-refractivity contribution < 1.29 is 0 Å². The highest BCUT2D eigenvalue weighted by atomic mass is 32.1. The molecule has 1 aromatic rings. The maximum atomic E-state index is 5.67. The maximum absolute atomic E-state index is 5.67. The van der Waals surface area contributed by atoms with Crippen LogP contribution in [0.2, 0.25) is 0 Å². The van der Waals surface area contributed by atoms with Gasteiger partial charge < -0.3 is 5.73 Å². The summed E-state index contributed by atoms with van der Waals surface area (Å²) < 4.78 is 0. The lowest BCUT2D eigenvalue weighted by atomic mass is 10.0. The van der Waals surface area contributed by atoms with Gasteiger partial charge in [-0.3, -0.25) is 9.88 Å². The van der Waals surface area contributed by atoms with Crippen LogP contribution < -0.4 is 5.73 Å². The second kappa shape index (κ2) is 5.33. The van der Waals surface area contributed by atoms with Gasteiger partial charge in [0.15, 0.2) is 0 Å². The van der Waals surface area contributed by atoms with Crippen LogP contribution in [0.15, 0.2) is 18.2 Å². The summed E-state index contributed by atoms with van der Waals surface area (Å²) in [5.41, 5.74) is 8.22. The molecule has 2 rings (SSSR count). The first-order chi connectivity index (χ1) is 8.49. The zero-order chi connectivity index (χ0) is 13.2. The monoisotopic (exact) mass is 263 g/mol. The quantitative estimate of drug-likeness (QED) is 0.800. The summed E-state index contributed by atoms with van der Waals surface area (Å²) >= 11 is 5.03. The van der Waals surface area contributed by atoms with Gasteiger partial charge in [0.25, 0.3) is 0 Å². The summed E-state index contributed by atoms with van der Waals surface area (Å²) in [4.78, 5) is 7.51. The number of aryl methyl sites for hydroxylation is 1. The molecule has 0 unspecified atom stereocenters. The molecule has 1 aromatic heterocycles. The van der Waals surface area contributed by atoms with Crippen molar-refractivity contribution in [1.29, 1.82) is 0 Å². The van der Waals surface area contributed by atoms with Crippen LogP contribution in [0.25, 0.3) is 0 Å². The predicted molar refractivity (Wildman–Crippen MR) is 78.4 cm³/mol. The molecule has 0 aromatic carbocycles. The van der Waals surface area contributed by atoms with E-state index in [1.54, 1.807) is 0 Å². The molecule has 0 spiro atoms. The van der Waals surface area contributed by atoms with Gasteiger partial charge in [-0.15, -0.1) is 0 Å². The van der Waals surface area contributed by atoms with Crippen LogP contribution in [-0.4, -0.2) is 28.5 Å². The van der Waals surface area contributed by atoms with Crippen molar-refractivity contribution in [2.75, 3.05) is 13.6 Å². The Kier molecular flexibility index (Phi) is 3.97. The van der Waals surface area contributed by atoms with Crippen molar-refractivity contribution in [2.24, 2.45) is 11.1 Å². The fourth-order valence-corrected chi connectivity index (χ4v) is 2.84. The highest BCUT2D eigenvalue weighted by Gasteiger charge is 2.43. The molecule has 1 fully saturated rings. The average molecular weight is 263 g/mol. The van der Waals surface area contributed by atoms with E-state index in [4.69, 9.17) is 18.0 Å². The summed E-state index contributed by atoms with van der Waals surface area (Å²) in [7, 11) is 2.14. The Morgan fingerprint density at radius 1 is 1.50 bits per heavy atom. The number of rotatable bonds is 6. The number of nitrogens with zero attached hydrogens (tertiary/aromatic N) is 2. The van der Waals surface area contributed by atoms with Gasteiger partial charge in [0, 0.05) is 25.2 Å². The van der Waals surface area contributed by atoms with E-state index in [-0.39, 0.29) is 0 Å². The molecular formula is C14H21N3S. The highest BCUT2D eigenvalue weighted by Crippen LogP contribution is 2.49. The van der Waals surface area contributed by atoms with Crippen molar-refractivity contribution in [1.82, 2.24) is 9.88 Å². The molecule has 98 valence electrons. The van der Waals surface area contributed by atoms with Crippen LogP contribution >= 0.6 is 12.2 Å². The summed E-state index contributed by atoms with van der Waals surface area (Å²) in [6.45, 7) is 3.97. The van der Waals surface area contributed by atoms with Gasteiger partial charge in [-0.1, -0.05) is 18.3 Å². The van der Waals surface area contributed by atoms with Gasteiger partial charge >= 0.3 is 0 Å². The molecule has 0 aliphatic heterocycles. The zero-order valence-electron chi connectivity index (χ0n) is 11.1. The van der Waals surface area contributed by atoms with Crippen molar-refractivity contribution in [3.8, 4) is 0 Å². The normalized spacial score (nSPS) is 16.8. The zero-order valence-corrected chi connectivity index (χ0v) is 12.0. The van der Waals surface area contributed by atoms with Gasteiger partial charge in [0.2, 0.25) is 0 Å². The average Bonchev–Trinajstić information content (AvgIpc) is 2.95. The molecule has 1 aliphatic carbocycles. The molecule has 18 heavy (non-hydrogen) atoms. The fraction of sp³-hybridized carbons (Fsp3) is 0.571. The number of hydrogen-bond donors (Lipinski definition) is 1. The standard InChI is InChI=1S/C14H21N3S/c1-11-4-3-5-12(16-11)9-17(2)10-14(6-7-14)8-13(15)18/h3-5H,6-10H2,1-2H3,(H2,15,18). The number of nitrogens with two attached hydrogens (primary N) is 1. The first kappa shape index (κ1) is 13.4. The van der Waals surface area contributed by atoms with E-state index >= 15 is 0 Å². The Hall–Kier alpha value is -1.00. The minimum absolute atomic E-state index is 0.352. The van der Waals surface area contributed by atoms with E-state index in [2.05, 4.69) is 29.1 Å². The van der Waals surface area contributed by atoms with E-state index in [9.17, 15) is 0 Å². The Morgan fingerprint density at radius 3 is 2.78 bits per heavy atom. The van der Waals surface area contributed by atoms with Crippen LogP contribution in [0, 0.1) is 12.3 Å². The van der Waals surface area contributed by atoms with Gasteiger partial charge in [0.05, 0.1) is 10.7 Å². The number of pyridine rings is 1. The number of hydrogen-bond acceptors (Lipinski definition) is 3. The molecule has 1 aliphatic rings. The van der Waals surface area contributed by atoms with E-state index in [0.29, 0.717) is 10.4 Å².